The van der Waals surface area contributed by atoms with Crippen molar-refractivity contribution in [3.05, 3.63) is 23.8 Å². The van der Waals surface area contributed by atoms with E-state index in [1.165, 1.54) is 0 Å². The number of nitrogens with zero attached hydrogens (tertiary/aromatic N) is 1. The van der Waals surface area contributed by atoms with E-state index in [0.29, 0.717) is 24.6 Å². The predicted octanol–water partition coefficient (Wildman–Crippen LogP) is 2.07. The van der Waals surface area contributed by atoms with Crippen molar-refractivity contribution in [1.82, 2.24) is 4.90 Å². The van der Waals surface area contributed by atoms with E-state index < -0.39 is 0 Å². The van der Waals surface area contributed by atoms with Crippen LogP contribution in [0.4, 0.5) is 0 Å². The molecular formula is C16H25NO4. The summed E-state index contributed by atoms with van der Waals surface area (Å²) in [6, 6.07) is 5.49. The van der Waals surface area contributed by atoms with Gasteiger partial charge in [-0.1, -0.05) is 13.8 Å². The van der Waals surface area contributed by atoms with Gasteiger partial charge in [0.25, 0.3) is 0 Å². The molecule has 1 aromatic rings. The molecule has 5 nitrogen and oxygen atoms in total. The van der Waals surface area contributed by atoms with E-state index >= 15 is 0 Å². The first-order valence-electron chi connectivity index (χ1n) is 7.17. The highest BCUT2D eigenvalue weighted by atomic mass is 16.5. The molecule has 0 aliphatic carbocycles. The van der Waals surface area contributed by atoms with E-state index in [-0.39, 0.29) is 18.4 Å². The summed E-state index contributed by atoms with van der Waals surface area (Å²) >= 11 is 0. The number of benzene rings is 1. The van der Waals surface area contributed by atoms with Crippen molar-refractivity contribution in [3.63, 3.8) is 0 Å². The summed E-state index contributed by atoms with van der Waals surface area (Å²) in [4.78, 5) is 14.0. The van der Waals surface area contributed by atoms with E-state index in [9.17, 15) is 9.90 Å². The Bertz CT molecular complexity index is 462. The second-order valence-corrected chi connectivity index (χ2v) is 4.97. The molecule has 0 spiro atoms. The molecule has 1 unspecified atom stereocenters. The van der Waals surface area contributed by atoms with Crippen molar-refractivity contribution in [2.75, 3.05) is 27.4 Å². The Kier molecular flexibility index (Phi) is 7.02. The summed E-state index contributed by atoms with van der Waals surface area (Å²) in [5, 5.41) is 9.20. The van der Waals surface area contributed by atoms with Crippen molar-refractivity contribution in [2.24, 2.45) is 5.92 Å². The number of ether oxygens (including phenoxy) is 2. The van der Waals surface area contributed by atoms with E-state index in [1.807, 2.05) is 32.0 Å². The first-order valence-corrected chi connectivity index (χ1v) is 7.17. The molecule has 1 rings (SSSR count). The quantitative estimate of drug-likeness (QED) is 0.797. The Balaban J connectivity index is 2.99. The van der Waals surface area contributed by atoms with Gasteiger partial charge in [0, 0.05) is 24.6 Å². The SMILES string of the molecule is CCC(C)C(=O)N(CCO)Cc1cc(OC)ccc1OC. The second-order valence-electron chi connectivity index (χ2n) is 4.97. The van der Waals surface area contributed by atoms with E-state index in [2.05, 4.69) is 0 Å². The van der Waals surface area contributed by atoms with Crippen molar-refractivity contribution in [1.29, 1.82) is 0 Å². The van der Waals surface area contributed by atoms with E-state index in [4.69, 9.17) is 9.47 Å². The number of hydrogen-bond acceptors (Lipinski definition) is 4. The van der Waals surface area contributed by atoms with E-state index in [0.717, 1.165) is 12.0 Å². The Labute approximate surface area is 126 Å². The fourth-order valence-electron chi connectivity index (χ4n) is 2.09. The molecule has 0 fully saturated rings. The number of carbonyl (C=O) groups excluding carboxylic acids is 1. The lowest BCUT2D eigenvalue weighted by atomic mass is 10.1. The molecule has 0 aliphatic rings. The maximum Gasteiger partial charge on any atom is 0.225 e. The third-order valence-electron chi connectivity index (χ3n) is 3.56. The molecule has 0 aliphatic heterocycles. The van der Waals surface area contributed by atoms with Crippen LogP contribution < -0.4 is 9.47 Å². The molecule has 1 N–H and O–H groups in total. The number of carbonyl (C=O) groups is 1. The molecule has 0 bridgehead atoms. The zero-order chi connectivity index (χ0) is 15.8. The summed E-state index contributed by atoms with van der Waals surface area (Å²) in [7, 11) is 3.19. The van der Waals surface area contributed by atoms with Gasteiger partial charge in [-0.3, -0.25) is 4.79 Å². The van der Waals surface area contributed by atoms with Gasteiger partial charge in [-0.15, -0.1) is 0 Å². The minimum atomic E-state index is -0.0619. The molecule has 21 heavy (non-hydrogen) atoms. The number of amides is 1. The van der Waals surface area contributed by atoms with Crippen LogP contribution in [0.5, 0.6) is 11.5 Å². The molecule has 1 aromatic carbocycles. The van der Waals surface area contributed by atoms with Gasteiger partial charge in [0.15, 0.2) is 0 Å². The second kappa shape index (κ2) is 8.52. The zero-order valence-corrected chi connectivity index (χ0v) is 13.3. The van der Waals surface area contributed by atoms with Crippen LogP contribution in [0.25, 0.3) is 0 Å². The van der Waals surface area contributed by atoms with Crippen LogP contribution in [-0.4, -0.2) is 43.3 Å². The fourth-order valence-corrected chi connectivity index (χ4v) is 2.09. The monoisotopic (exact) mass is 295 g/mol. The Hall–Kier alpha value is -1.75. The van der Waals surface area contributed by atoms with Gasteiger partial charge < -0.3 is 19.5 Å². The normalized spacial score (nSPS) is 11.9. The molecule has 0 aromatic heterocycles. The van der Waals surface area contributed by atoms with Gasteiger partial charge in [0.1, 0.15) is 11.5 Å². The lowest BCUT2D eigenvalue weighted by molar-refractivity contribution is -0.136. The molecule has 0 radical (unpaired) electrons. The highest BCUT2D eigenvalue weighted by molar-refractivity contribution is 5.78. The third-order valence-corrected chi connectivity index (χ3v) is 3.56. The van der Waals surface area contributed by atoms with Crippen LogP contribution in [0.1, 0.15) is 25.8 Å². The molecule has 0 heterocycles. The average molecular weight is 295 g/mol. The van der Waals surface area contributed by atoms with E-state index in [1.54, 1.807) is 19.1 Å². The highest BCUT2D eigenvalue weighted by Crippen LogP contribution is 2.25. The molecular weight excluding hydrogens is 270 g/mol. The van der Waals surface area contributed by atoms with Crippen molar-refractivity contribution in [3.8, 4) is 11.5 Å². The fraction of sp³-hybridized carbons (Fsp3) is 0.562. The summed E-state index contributed by atoms with van der Waals surface area (Å²) in [5.74, 6) is 1.39. The summed E-state index contributed by atoms with van der Waals surface area (Å²) in [6.45, 7) is 4.52. The molecule has 0 saturated heterocycles. The van der Waals surface area contributed by atoms with Gasteiger partial charge in [0.05, 0.1) is 20.8 Å². The first-order chi connectivity index (χ1) is 10.1. The Morgan fingerprint density at radius 2 is 2.05 bits per heavy atom. The minimum Gasteiger partial charge on any atom is -0.497 e. The minimum absolute atomic E-state index is 0.0384. The van der Waals surface area contributed by atoms with Crippen LogP contribution in [0.15, 0.2) is 18.2 Å². The van der Waals surface area contributed by atoms with Crippen LogP contribution in [0.2, 0.25) is 0 Å². The number of aliphatic hydroxyl groups excluding tert-OH is 1. The largest absolute Gasteiger partial charge is 0.497 e. The zero-order valence-electron chi connectivity index (χ0n) is 13.3. The van der Waals surface area contributed by atoms with Crippen LogP contribution in [0.3, 0.4) is 0 Å². The van der Waals surface area contributed by atoms with Crippen LogP contribution >= 0.6 is 0 Å². The van der Waals surface area contributed by atoms with Crippen molar-refractivity contribution < 1.29 is 19.4 Å². The predicted molar refractivity (Wildman–Crippen MR) is 81.5 cm³/mol. The van der Waals surface area contributed by atoms with Crippen LogP contribution in [0, 0.1) is 5.92 Å². The maximum absolute atomic E-state index is 12.4. The molecule has 118 valence electrons. The average Bonchev–Trinajstić information content (AvgIpc) is 2.52. The molecule has 1 amide bonds. The number of aliphatic hydroxyl groups is 1. The molecule has 5 heteroatoms. The van der Waals surface area contributed by atoms with Gasteiger partial charge in [-0.2, -0.15) is 0 Å². The van der Waals surface area contributed by atoms with Gasteiger partial charge >= 0.3 is 0 Å². The van der Waals surface area contributed by atoms with Gasteiger partial charge in [-0.05, 0) is 24.6 Å². The molecule has 1 atom stereocenters. The smallest absolute Gasteiger partial charge is 0.225 e. The van der Waals surface area contributed by atoms with Gasteiger partial charge in [-0.25, -0.2) is 0 Å². The Morgan fingerprint density at radius 1 is 1.33 bits per heavy atom. The highest BCUT2D eigenvalue weighted by Gasteiger charge is 2.20. The van der Waals surface area contributed by atoms with Crippen LogP contribution in [-0.2, 0) is 11.3 Å². The van der Waals surface area contributed by atoms with Crippen molar-refractivity contribution >= 4 is 5.91 Å². The third kappa shape index (κ3) is 4.63. The number of hydrogen-bond donors (Lipinski definition) is 1. The van der Waals surface area contributed by atoms with Crippen molar-refractivity contribution in [2.45, 2.75) is 26.8 Å². The van der Waals surface area contributed by atoms with Gasteiger partial charge in [0.2, 0.25) is 5.91 Å². The standard InChI is InChI=1S/C16H25NO4/c1-5-12(2)16(19)17(8-9-18)11-13-10-14(20-3)6-7-15(13)21-4/h6-7,10,12,18H,5,8-9,11H2,1-4H3. The summed E-state index contributed by atoms with van der Waals surface area (Å²) < 4.78 is 10.6. The Morgan fingerprint density at radius 3 is 2.57 bits per heavy atom. The first kappa shape index (κ1) is 17.3. The molecule has 0 saturated carbocycles. The summed E-state index contributed by atoms with van der Waals surface area (Å²) in [6.07, 6.45) is 0.774. The topological polar surface area (TPSA) is 59.0 Å². The summed E-state index contributed by atoms with van der Waals surface area (Å²) in [5.41, 5.74) is 0.863. The lowest BCUT2D eigenvalue weighted by Gasteiger charge is -2.25. The number of rotatable bonds is 8. The maximum atomic E-state index is 12.4. The number of methoxy groups -OCH3 is 2. The lowest BCUT2D eigenvalue weighted by Crippen LogP contribution is -2.36.